The number of nitro groups is 1. The number of carboxylic acid groups (broad SMARTS) is 1. The highest BCUT2D eigenvalue weighted by Gasteiger charge is 2.36. The van der Waals surface area contributed by atoms with Crippen molar-refractivity contribution in [1.82, 2.24) is 4.90 Å². The lowest BCUT2D eigenvalue weighted by molar-refractivity contribution is -0.384. The fraction of sp³-hybridized carbons (Fsp3) is 0.105. The van der Waals surface area contributed by atoms with Crippen molar-refractivity contribution >= 4 is 85.8 Å². The molecule has 2 aromatic rings. The first-order chi connectivity index (χ1) is 14.7. The molecule has 2 aromatic carbocycles. The Morgan fingerprint density at radius 1 is 1.23 bits per heavy atom. The molecule has 0 atom stereocenters. The van der Waals surface area contributed by atoms with E-state index in [2.05, 4.69) is 45.2 Å². The average molecular weight is 666 g/mol. The van der Waals surface area contributed by atoms with Crippen molar-refractivity contribution in [2.45, 2.75) is 6.61 Å². The molecule has 2 amide bonds. The maximum atomic E-state index is 12.3. The smallest absolute Gasteiger partial charge is 0.323 e. The number of carboxylic acids is 1. The summed E-state index contributed by atoms with van der Waals surface area (Å²) < 4.78 is 7.34. The van der Waals surface area contributed by atoms with Gasteiger partial charge in [-0.05, 0) is 86.3 Å². The van der Waals surface area contributed by atoms with E-state index in [1.54, 1.807) is 24.3 Å². The van der Waals surface area contributed by atoms with Crippen molar-refractivity contribution in [3.05, 3.63) is 69.7 Å². The minimum Gasteiger partial charge on any atom is -0.487 e. The summed E-state index contributed by atoms with van der Waals surface area (Å²) in [5.41, 5.74) is 1.28. The molecule has 1 heterocycles. The molecule has 1 saturated heterocycles. The second-order valence-corrected chi connectivity index (χ2v) is 9.51. The summed E-state index contributed by atoms with van der Waals surface area (Å²) in [5, 5.41) is 19.1. The number of carbonyl (C=O) groups excluding carboxylic acids is 2. The molecule has 160 valence electrons. The van der Waals surface area contributed by atoms with Crippen LogP contribution in [0.2, 0.25) is 0 Å². The number of nitrogens with zero attached hydrogens (tertiary/aromatic N) is 2. The van der Waals surface area contributed by atoms with Crippen LogP contribution in [0.15, 0.2) is 41.3 Å². The Morgan fingerprint density at radius 3 is 2.52 bits per heavy atom. The van der Waals surface area contributed by atoms with Crippen LogP contribution >= 0.6 is 56.9 Å². The fourth-order valence-electron chi connectivity index (χ4n) is 2.64. The third-order valence-electron chi connectivity index (χ3n) is 3.99. The first-order valence-electron chi connectivity index (χ1n) is 8.48. The first kappa shape index (κ1) is 23.5. The number of imide groups is 1. The predicted molar refractivity (Wildman–Crippen MR) is 130 cm³/mol. The lowest BCUT2D eigenvalue weighted by Crippen LogP contribution is -2.33. The van der Waals surface area contributed by atoms with Gasteiger partial charge in [-0.1, -0.05) is 12.1 Å². The molecule has 0 spiro atoms. The molecule has 0 saturated carbocycles. The van der Waals surface area contributed by atoms with E-state index in [4.69, 9.17) is 9.84 Å². The number of hydrogen-bond acceptors (Lipinski definition) is 7. The van der Waals surface area contributed by atoms with E-state index in [0.717, 1.165) is 7.14 Å². The molecular formula is C19H12I2N2O7S. The maximum Gasteiger partial charge on any atom is 0.323 e. The highest BCUT2D eigenvalue weighted by Crippen LogP contribution is 2.35. The van der Waals surface area contributed by atoms with E-state index in [1.165, 1.54) is 18.2 Å². The second kappa shape index (κ2) is 9.95. The molecule has 9 nitrogen and oxygen atoms in total. The zero-order valence-electron chi connectivity index (χ0n) is 15.4. The van der Waals surface area contributed by atoms with Gasteiger partial charge in [0.2, 0.25) is 0 Å². The van der Waals surface area contributed by atoms with Gasteiger partial charge in [0, 0.05) is 12.1 Å². The number of carbonyl (C=O) groups is 3. The maximum absolute atomic E-state index is 12.3. The molecule has 12 heteroatoms. The summed E-state index contributed by atoms with van der Waals surface area (Å²) in [7, 11) is 0. The molecular weight excluding hydrogens is 654 g/mol. The van der Waals surface area contributed by atoms with Crippen LogP contribution in [-0.2, 0) is 16.2 Å². The first-order valence-corrected chi connectivity index (χ1v) is 11.5. The van der Waals surface area contributed by atoms with E-state index in [9.17, 15) is 24.5 Å². The number of hydrogen-bond donors (Lipinski definition) is 1. The molecule has 0 aromatic heterocycles. The minimum absolute atomic E-state index is 0.0160. The minimum atomic E-state index is -1.27. The predicted octanol–water partition coefficient (Wildman–Crippen LogP) is 4.50. The summed E-state index contributed by atoms with van der Waals surface area (Å²) in [6.07, 6.45) is 1.53. The van der Waals surface area contributed by atoms with Crippen LogP contribution in [0.25, 0.3) is 6.08 Å². The van der Waals surface area contributed by atoms with Gasteiger partial charge in [0.05, 0.1) is 17.0 Å². The lowest BCUT2D eigenvalue weighted by Gasteiger charge is -2.12. The summed E-state index contributed by atoms with van der Waals surface area (Å²) in [6.45, 7) is -0.539. The van der Waals surface area contributed by atoms with E-state index < -0.39 is 28.6 Å². The summed E-state index contributed by atoms with van der Waals surface area (Å²) >= 11 is 4.84. The molecule has 3 rings (SSSR count). The van der Waals surface area contributed by atoms with Crippen molar-refractivity contribution in [3.63, 3.8) is 0 Å². The van der Waals surface area contributed by atoms with Crippen LogP contribution in [0.5, 0.6) is 5.75 Å². The van der Waals surface area contributed by atoms with Crippen molar-refractivity contribution in [2.24, 2.45) is 0 Å². The van der Waals surface area contributed by atoms with E-state index in [0.29, 0.717) is 33.5 Å². The number of benzene rings is 2. The van der Waals surface area contributed by atoms with E-state index in [1.807, 2.05) is 0 Å². The number of ether oxygens (including phenoxy) is 1. The van der Waals surface area contributed by atoms with Gasteiger partial charge in [0.25, 0.3) is 16.8 Å². The molecule has 0 radical (unpaired) electrons. The Bertz CT molecular complexity index is 1110. The molecule has 1 aliphatic heterocycles. The highest BCUT2D eigenvalue weighted by molar-refractivity contribution is 14.1. The van der Waals surface area contributed by atoms with Crippen LogP contribution in [-0.4, -0.2) is 38.6 Å². The van der Waals surface area contributed by atoms with E-state index >= 15 is 0 Å². The largest absolute Gasteiger partial charge is 0.487 e. The van der Waals surface area contributed by atoms with Crippen molar-refractivity contribution in [2.75, 3.05) is 6.54 Å². The Labute approximate surface area is 207 Å². The van der Waals surface area contributed by atoms with Gasteiger partial charge < -0.3 is 9.84 Å². The number of amides is 2. The molecule has 1 aliphatic rings. The zero-order valence-corrected chi connectivity index (χ0v) is 20.5. The SMILES string of the molecule is O=C(O)CN1C(=O)S/C(=C/c2cc(I)c(OCc3cccc([N+](=O)[O-])c3)c(I)c2)C1=O. The molecule has 0 unspecified atom stereocenters. The molecule has 1 N–H and O–H groups in total. The Kier molecular flexibility index (Phi) is 7.53. The number of rotatable bonds is 7. The third kappa shape index (κ3) is 5.74. The van der Waals surface area contributed by atoms with Gasteiger partial charge in [-0.15, -0.1) is 0 Å². The molecule has 0 aliphatic carbocycles. The summed E-state index contributed by atoms with van der Waals surface area (Å²) in [4.78, 5) is 46.3. The van der Waals surface area contributed by atoms with Gasteiger partial charge in [-0.3, -0.25) is 29.4 Å². The summed E-state index contributed by atoms with van der Waals surface area (Å²) in [6, 6.07) is 9.69. The van der Waals surface area contributed by atoms with Gasteiger partial charge in [-0.25, -0.2) is 0 Å². The van der Waals surface area contributed by atoms with Gasteiger partial charge in [0.15, 0.2) is 0 Å². The molecule has 0 bridgehead atoms. The second-order valence-electron chi connectivity index (χ2n) is 6.19. The van der Waals surface area contributed by atoms with Crippen molar-refractivity contribution < 1.29 is 29.2 Å². The normalized spacial score (nSPS) is 14.9. The number of nitro benzene ring substituents is 1. The van der Waals surface area contributed by atoms with Crippen LogP contribution in [0.1, 0.15) is 11.1 Å². The standard InChI is InChI=1S/C19H12I2N2O7S/c20-13-5-11(7-15-18(26)22(8-16(24)25)19(27)31-15)6-14(21)17(13)30-9-10-2-1-3-12(4-10)23(28)29/h1-7H,8-9H2,(H,24,25)/b15-7+. The monoisotopic (exact) mass is 666 g/mol. The lowest BCUT2D eigenvalue weighted by atomic mass is 10.2. The Morgan fingerprint density at radius 2 is 1.90 bits per heavy atom. The number of halogens is 2. The third-order valence-corrected chi connectivity index (χ3v) is 6.50. The van der Waals surface area contributed by atoms with Crippen molar-refractivity contribution in [1.29, 1.82) is 0 Å². The van der Waals surface area contributed by atoms with Crippen molar-refractivity contribution in [3.8, 4) is 5.75 Å². The Hall–Kier alpha value is -2.20. The van der Waals surface area contributed by atoms with Gasteiger partial charge >= 0.3 is 5.97 Å². The van der Waals surface area contributed by atoms with Gasteiger partial charge in [-0.2, -0.15) is 0 Å². The topological polar surface area (TPSA) is 127 Å². The quantitative estimate of drug-likeness (QED) is 0.198. The van der Waals surface area contributed by atoms with Crippen LogP contribution < -0.4 is 4.74 Å². The average Bonchev–Trinajstić information content (AvgIpc) is 2.94. The fourth-order valence-corrected chi connectivity index (χ4v) is 5.60. The van der Waals surface area contributed by atoms with Crippen LogP contribution in [0.4, 0.5) is 10.5 Å². The molecule has 1 fully saturated rings. The zero-order chi connectivity index (χ0) is 22.7. The number of non-ortho nitro benzene ring substituents is 1. The highest BCUT2D eigenvalue weighted by atomic mass is 127. The number of thioether (sulfide) groups is 1. The molecule has 31 heavy (non-hydrogen) atoms. The Balaban J connectivity index is 1.78. The van der Waals surface area contributed by atoms with Gasteiger partial charge in [0.1, 0.15) is 18.9 Å². The number of aliphatic carboxylic acids is 1. The summed E-state index contributed by atoms with van der Waals surface area (Å²) in [5.74, 6) is -1.32. The van der Waals surface area contributed by atoms with Crippen LogP contribution in [0, 0.1) is 17.3 Å². The van der Waals surface area contributed by atoms with E-state index in [-0.39, 0.29) is 17.2 Å². The van der Waals surface area contributed by atoms with Crippen LogP contribution in [0.3, 0.4) is 0 Å².